The van der Waals surface area contributed by atoms with Crippen LogP contribution in [0, 0.1) is 17.2 Å². The van der Waals surface area contributed by atoms with Crippen molar-refractivity contribution in [1.29, 1.82) is 5.26 Å². The van der Waals surface area contributed by atoms with Gasteiger partial charge >= 0.3 is 5.97 Å². The van der Waals surface area contributed by atoms with E-state index < -0.39 is 45.5 Å². The zero-order valence-corrected chi connectivity index (χ0v) is 17.1. The molecule has 12 heteroatoms. The summed E-state index contributed by atoms with van der Waals surface area (Å²) < 4.78 is 52.3. The number of unbranched alkanes of at least 4 members (excludes halogenated alkanes) is 1. The number of rotatable bonds is 8. The van der Waals surface area contributed by atoms with E-state index in [4.69, 9.17) is 5.11 Å². The number of hydrogen-bond acceptors (Lipinski definition) is 7. The molecular weight excluding hydrogens is 422 g/mol. The molecule has 0 aromatic carbocycles. The van der Waals surface area contributed by atoms with Crippen molar-refractivity contribution in [2.24, 2.45) is 5.92 Å². The second-order valence-corrected chi connectivity index (χ2v) is 8.75. The van der Waals surface area contributed by atoms with Crippen molar-refractivity contribution in [3.8, 4) is 6.07 Å². The minimum absolute atomic E-state index is 0.0766. The molecular formula is C18H22F2N4O5S. The van der Waals surface area contributed by atoms with Crippen LogP contribution >= 0.6 is 0 Å². The van der Waals surface area contributed by atoms with Crippen molar-refractivity contribution in [3.05, 3.63) is 22.9 Å². The van der Waals surface area contributed by atoms with Gasteiger partial charge in [0, 0.05) is 19.0 Å². The molecule has 1 saturated heterocycles. The number of hydrogen-bond donors (Lipinski definition) is 2. The first-order valence-corrected chi connectivity index (χ1v) is 11.0. The third-order valence-electron chi connectivity index (χ3n) is 4.78. The molecule has 0 unspecified atom stereocenters. The molecule has 2 N–H and O–H groups in total. The Morgan fingerprint density at radius 2 is 2.03 bits per heavy atom. The number of aromatic nitrogens is 1. The van der Waals surface area contributed by atoms with Gasteiger partial charge in [0.15, 0.2) is 0 Å². The monoisotopic (exact) mass is 444 g/mol. The van der Waals surface area contributed by atoms with Gasteiger partial charge in [-0.05, 0) is 25.3 Å². The Morgan fingerprint density at radius 1 is 1.40 bits per heavy atom. The first-order valence-electron chi connectivity index (χ1n) is 9.35. The Hall–Kier alpha value is -2.81. The summed E-state index contributed by atoms with van der Waals surface area (Å²) in [5.41, 5.74) is -1.84. The molecule has 30 heavy (non-hydrogen) atoms. The molecule has 0 bridgehead atoms. The van der Waals surface area contributed by atoms with E-state index in [0.29, 0.717) is 12.8 Å². The van der Waals surface area contributed by atoms with Crippen molar-refractivity contribution >= 4 is 27.7 Å². The van der Waals surface area contributed by atoms with E-state index in [1.807, 2.05) is 6.92 Å². The molecule has 1 amide bonds. The Morgan fingerprint density at radius 3 is 2.53 bits per heavy atom. The maximum Gasteiger partial charge on any atom is 0.337 e. The van der Waals surface area contributed by atoms with E-state index in [-0.39, 0.29) is 43.1 Å². The number of piperidine rings is 1. The number of carbonyl (C=O) groups excluding carboxylic acids is 1. The van der Waals surface area contributed by atoms with Gasteiger partial charge in [-0.1, -0.05) is 13.3 Å². The highest BCUT2D eigenvalue weighted by molar-refractivity contribution is 7.90. The van der Waals surface area contributed by atoms with Crippen LogP contribution in [0.3, 0.4) is 0 Å². The Labute approximate surface area is 172 Å². The van der Waals surface area contributed by atoms with Crippen LogP contribution in [0.1, 0.15) is 60.6 Å². The fourth-order valence-electron chi connectivity index (χ4n) is 3.15. The molecule has 164 valence electrons. The number of carboxylic acids is 1. The Bertz CT molecular complexity index is 954. The van der Waals surface area contributed by atoms with Crippen molar-refractivity contribution in [2.75, 3.05) is 23.7 Å². The van der Waals surface area contributed by atoms with Crippen molar-refractivity contribution in [1.82, 2.24) is 9.71 Å². The second kappa shape index (κ2) is 9.80. The van der Waals surface area contributed by atoms with Crippen LogP contribution in [-0.2, 0) is 14.8 Å². The highest BCUT2D eigenvalue weighted by Crippen LogP contribution is 2.30. The molecule has 1 aliphatic heterocycles. The van der Waals surface area contributed by atoms with Crippen LogP contribution in [-0.4, -0.2) is 49.2 Å². The van der Waals surface area contributed by atoms with Crippen LogP contribution in [0.5, 0.6) is 0 Å². The summed E-state index contributed by atoms with van der Waals surface area (Å²) in [6, 6.07) is 2.63. The first-order chi connectivity index (χ1) is 14.1. The number of nitrogens with one attached hydrogen (secondary N) is 1. The maximum absolute atomic E-state index is 13.2. The predicted octanol–water partition coefficient (Wildman–Crippen LogP) is 2.05. The Balaban J connectivity index is 2.15. The van der Waals surface area contributed by atoms with Crippen molar-refractivity contribution < 1.29 is 31.9 Å². The molecule has 0 radical (unpaired) electrons. The zero-order chi connectivity index (χ0) is 22.5. The summed E-state index contributed by atoms with van der Waals surface area (Å²) in [5, 5.41) is 18.4. The number of anilines is 1. The number of alkyl halides is 2. The molecule has 1 fully saturated rings. The summed E-state index contributed by atoms with van der Waals surface area (Å²) in [5.74, 6) is -3.03. The topological polar surface area (TPSA) is 140 Å². The summed E-state index contributed by atoms with van der Waals surface area (Å²) >= 11 is 0. The minimum atomic E-state index is -3.70. The highest BCUT2D eigenvalue weighted by atomic mass is 32.2. The molecule has 1 aromatic heterocycles. The standard InChI is InChI=1S/C18H22F2N4O5S/c1-2-3-8-30(28,29)23-17(25)11-4-6-24(7-5-11)16-12(10-21)9-13(18(26)27)14(22-16)15(19)20/h9,11,15H,2-8H2,1H3,(H,23,25)(H,26,27). The predicted molar refractivity (Wildman–Crippen MR) is 103 cm³/mol. The van der Waals surface area contributed by atoms with Gasteiger partial charge in [0.05, 0.1) is 16.9 Å². The lowest BCUT2D eigenvalue weighted by atomic mass is 9.96. The number of pyridine rings is 1. The normalized spacial score (nSPS) is 15.1. The van der Waals surface area contributed by atoms with Crippen LogP contribution in [0.4, 0.5) is 14.6 Å². The van der Waals surface area contributed by atoms with Gasteiger partial charge < -0.3 is 10.0 Å². The van der Waals surface area contributed by atoms with Crippen LogP contribution < -0.4 is 9.62 Å². The number of halogens is 2. The second-order valence-electron chi connectivity index (χ2n) is 6.91. The van der Waals surface area contributed by atoms with Gasteiger partial charge in [-0.25, -0.2) is 27.0 Å². The summed E-state index contributed by atoms with van der Waals surface area (Å²) in [6.45, 7) is 2.17. The van der Waals surface area contributed by atoms with E-state index in [1.165, 1.54) is 4.90 Å². The third-order valence-corrected chi connectivity index (χ3v) is 6.12. The fraction of sp³-hybridized carbons (Fsp3) is 0.556. The molecule has 2 rings (SSSR count). The van der Waals surface area contributed by atoms with E-state index in [2.05, 4.69) is 9.71 Å². The quantitative estimate of drug-likeness (QED) is 0.621. The Kier molecular flexibility index (Phi) is 7.66. The van der Waals surface area contributed by atoms with E-state index >= 15 is 0 Å². The molecule has 1 aromatic rings. The lowest BCUT2D eigenvalue weighted by Gasteiger charge is -2.32. The average Bonchev–Trinajstić information content (AvgIpc) is 2.70. The van der Waals surface area contributed by atoms with Gasteiger partial charge in [-0.15, -0.1) is 0 Å². The van der Waals surface area contributed by atoms with E-state index in [0.717, 1.165) is 6.07 Å². The van der Waals surface area contributed by atoms with Gasteiger partial charge in [-0.2, -0.15) is 5.26 Å². The number of carboxylic acid groups (broad SMARTS) is 1. The molecule has 0 saturated carbocycles. The third kappa shape index (κ3) is 5.63. The molecule has 0 aliphatic carbocycles. The largest absolute Gasteiger partial charge is 0.478 e. The highest BCUT2D eigenvalue weighted by Gasteiger charge is 2.31. The zero-order valence-electron chi connectivity index (χ0n) is 16.3. The van der Waals surface area contributed by atoms with Gasteiger partial charge in [0.2, 0.25) is 15.9 Å². The molecule has 1 aliphatic rings. The number of nitrogens with zero attached hydrogens (tertiary/aromatic N) is 3. The molecule has 9 nitrogen and oxygen atoms in total. The van der Waals surface area contributed by atoms with E-state index in [1.54, 1.807) is 6.07 Å². The number of carbonyl (C=O) groups is 2. The summed E-state index contributed by atoms with van der Waals surface area (Å²) in [4.78, 5) is 28.7. The van der Waals surface area contributed by atoms with Gasteiger partial charge in [0.25, 0.3) is 6.43 Å². The first kappa shape index (κ1) is 23.5. The number of sulfonamides is 1. The van der Waals surface area contributed by atoms with Crippen LogP contribution in [0.2, 0.25) is 0 Å². The average molecular weight is 444 g/mol. The smallest absolute Gasteiger partial charge is 0.337 e. The van der Waals surface area contributed by atoms with Crippen LogP contribution in [0.25, 0.3) is 0 Å². The summed E-state index contributed by atoms with van der Waals surface area (Å²) in [7, 11) is -3.70. The molecule has 0 atom stereocenters. The van der Waals surface area contributed by atoms with Crippen molar-refractivity contribution in [2.45, 2.75) is 39.0 Å². The SMILES string of the molecule is CCCCS(=O)(=O)NC(=O)C1CCN(c2nc(C(F)F)c(C(=O)O)cc2C#N)CC1. The minimum Gasteiger partial charge on any atom is -0.478 e. The van der Waals surface area contributed by atoms with Crippen LogP contribution in [0.15, 0.2) is 6.07 Å². The summed E-state index contributed by atoms with van der Waals surface area (Å²) in [6.07, 6.45) is -1.58. The number of aromatic carboxylic acids is 1. The lowest BCUT2D eigenvalue weighted by molar-refractivity contribution is -0.123. The lowest BCUT2D eigenvalue weighted by Crippen LogP contribution is -2.43. The number of amides is 1. The maximum atomic E-state index is 13.2. The van der Waals surface area contributed by atoms with E-state index in [9.17, 15) is 32.0 Å². The number of nitriles is 1. The van der Waals surface area contributed by atoms with Crippen molar-refractivity contribution in [3.63, 3.8) is 0 Å². The fourth-order valence-corrected chi connectivity index (χ4v) is 4.40. The van der Waals surface area contributed by atoms with Gasteiger partial charge in [0.1, 0.15) is 17.6 Å². The molecule has 2 heterocycles. The molecule has 0 spiro atoms. The van der Waals surface area contributed by atoms with Gasteiger partial charge in [-0.3, -0.25) is 9.52 Å².